The van der Waals surface area contributed by atoms with Gasteiger partial charge in [-0.1, -0.05) is 12.7 Å². The van der Waals surface area contributed by atoms with Crippen LogP contribution in [0.3, 0.4) is 0 Å². The van der Waals surface area contributed by atoms with Crippen LogP contribution in [0.4, 0.5) is 0 Å². The fraction of sp³-hybridized carbons (Fsp3) is 0.250. The number of hydrogen-bond acceptors (Lipinski definition) is 3. The normalized spacial score (nSPS) is 9.40. The van der Waals surface area contributed by atoms with Gasteiger partial charge in [0.2, 0.25) is 0 Å². The molecule has 0 saturated heterocycles. The summed E-state index contributed by atoms with van der Waals surface area (Å²) in [4.78, 5) is 11.4. The van der Waals surface area contributed by atoms with E-state index in [4.69, 9.17) is 9.47 Å². The number of hydrogen-bond donors (Lipinski definition) is 0. The fourth-order valence-corrected chi connectivity index (χ4v) is 1.07. The summed E-state index contributed by atoms with van der Waals surface area (Å²) in [5.41, 5.74) is 0.514. The lowest BCUT2D eigenvalue weighted by molar-refractivity contribution is 0.0549. The molecule has 0 radical (unpaired) electrons. The van der Waals surface area contributed by atoms with E-state index in [2.05, 4.69) is 6.58 Å². The summed E-state index contributed by atoms with van der Waals surface area (Å²) in [5.74, 6) is 0.399. The molecule has 0 N–H and O–H groups in total. The summed E-state index contributed by atoms with van der Waals surface area (Å²) >= 11 is 0. The van der Waals surface area contributed by atoms with Gasteiger partial charge in [0, 0.05) is 0 Å². The first kappa shape index (κ1) is 11.3. The van der Waals surface area contributed by atoms with Crippen LogP contribution in [0.1, 0.15) is 17.3 Å². The molecule has 0 aromatic heterocycles. The van der Waals surface area contributed by atoms with Crippen molar-refractivity contribution < 1.29 is 14.3 Å². The van der Waals surface area contributed by atoms with Gasteiger partial charge in [-0.05, 0) is 31.2 Å². The smallest absolute Gasteiger partial charge is 0.338 e. The van der Waals surface area contributed by atoms with Crippen LogP contribution in [0.5, 0.6) is 5.75 Å². The van der Waals surface area contributed by atoms with Crippen molar-refractivity contribution in [2.45, 2.75) is 6.92 Å². The Kier molecular flexibility index (Phi) is 4.41. The minimum absolute atomic E-state index is 0.228. The van der Waals surface area contributed by atoms with Crippen molar-refractivity contribution in [1.82, 2.24) is 0 Å². The largest absolute Gasteiger partial charge is 0.494 e. The summed E-state index contributed by atoms with van der Waals surface area (Å²) in [6, 6.07) is 6.84. The molecule has 15 heavy (non-hydrogen) atoms. The average Bonchev–Trinajstić information content (AvgIpc) is 2.27. The molecule has 80 valence electrons. The van der Waals surface area contributed by atoms with E-state index in [0.717, 1.165) is 5.75 Å². The van der Waals surface area contributed by atoms with Gasteiger partial charge in [0.1, 0.15) is 12.4 Å². The molecule has 3 heteroatoms. The second-order valence-electron chi connectivity index (χ2n) is 2.84. The standard InChI is InChI=1S/C12H14O3/c1-3-9-15-12(13)10-5-7-11(8-6-10)14-4-2/h3,5-8H,1,4,9H2,2H3. The summed E-state index contributed by atoms with van der Waals surface area (Å²) in [5, 5.41) is 0. The van der Waals surface area contributed by atoms with Crippen LogP contribution in [-0.4, -0.2) is 19.2 Å². The number of carbonyl (C=O) groups is 1. The number of ether oxygens (including phenoxy) is 2. The third kappa shape index (κ3) is 3.46. The molecule has 0 aliphatic rings. The first-order valence-electron chi connectivity index (χ1n) is 4.78. The van der Waals surface area contributed by atoms with Crippen molar-refractivity contribution in [1.29, 1.82) is 0 Å². The number of carbonyl (C=O) groups excluding carboxylic acids is 1. The van der Waals surface area contributed by atoms with Gasteiger partial charge in [-0.25, -0.2) is 4.79 Å². The van der Waals surface area contributed by atoms with Crippen molar-refractivity contribution >= 4 is 5.97 Å². The highest BCUT2D eigenvalue weighted by molar-refractivity contribution is 5.89. The fourth-order valence-electron chi connectivity index (χ4n) is 1.07. The average molecular weight is 206 g/mol. The Morgan fingerprint density at radius 2 is 2.07 bits per heavy atom. The van der Waals surface area contributed by atoms with Crippen LogP contribution < -0.4 is 4.74 Å². The van der Waals surface area contributed by atoms with E-state index in [1.165, 1.54) is 6.08 Å². The van der Waals surface area contributed by atoms with Gasteiger partial charge in [0.25, 0.3) is 0 Å². The SMILES string of the molecule is C=CCOC(=O)c1ccc(OCC)cc1. The zero-order valence-electron chi connectivity index (χ0n) is 8.73. The van der Waals surface area contributed by atoms with Gasteiger partial charge in [-0.3, -0.25) is 0 Å². The molecule has 0 saturated carbocycles. The predicted octanol–water partition coefficient (Wildman–Crippen LogP) is 2.43. The molecule has 1 rings (SSSR count). The minimum Gasteiger partial charge on any atom is -0.494 e. The lowest BCUT2D eigenvalue weighted by Gasteiger charge is -2.04. The summed E-state index contributed by atoms with van der Waals surface area (Å²) in [6.07, 6.45) is 1.53. The molecule has 0 aliphatic carbocycles. The van der Waals surface area contributed by atoms with Gasteiger partial charge in [0.15, 0.2) is 0 Å². The molecule has 0 heterocycles. The molecular weight excluding hydrogens is 192 g/mol. The molecular formula is C12H14O3. The molecule has 0 amide bonds. The van der Waals surface area contributed by atoms with Crippen LogP contribution in [-0.2, 0) is 4.74 Å². The first-order chi connectivity index (χ1) is 7.27. The number of esters is 1. The molecule has 1 aromatic carbocycles. The monoisotopic (exact) mass is 206 g/mol. The van der Waals surface area contributed by atoms with Gasteiger partial charge in [0.05, 0.1) is 12.2 Å². The highest BCUT2D eigenvalue weighted by atomic mass is 16.5. The second-order valence-corrected chi connectivity index (χ2v) is 2.84. The predicted molar refractivity (Wildman–Crippen MR) is 58.1 cm³/mol. The minimum atomic E-state index is -0.349. The lowest BCUT2D eigenvalue weighted by atomic mass is 10.2. The van der Waals surface area contributed by atoms with Crippen molar-refractivity contribution in [3.8, 4) is 5.75 Å². The quantitative estimate of drug-likeness (QED) is 0.548. The van der Waals surface area contributed by atoms with E-state index in [0.29, 0.717) is 12.2 Å². The molecule has 0 atom stereocenters. The highest BCUT2D eigenvalue weighted by Gasteiger charge is 2.05. The molecule has 0 aliphatic heterocycles. The van der Waals surface area contributed by atoms with Crippen LogP contribution >= 0.6 is 0 Å². The Labute approximate surface area is 89.3 Å². The Morgan fingerprint density at radius 1 is 1.40 bits per heavy atom. The van der Waals surface area contributed by atoms with E-state index < -0.39 is 0 Å². The Morgan fingerprint density at radius 3 is 2.60 bits per heavy atom. The van der Waals surface area contributed by atoms with E-state index in [1.54, 1.807) is 24.3 Å². The maximum atomic E-state index is 11.4. The van der Waals surface area contributed by atoms with Crippen molar-refractivity contribution in [2.75, 3.05) is 13.2 Å². The van der Waals surface area contributed by atoms with Gasteiger partial charge in [-0.15, -0.1) is 0 Å². The molecule has 0 fully saturated rings. The molecule has 0 unspecified atom stereocenters. The molecule has 0 bridgehead atoms. The third-order valence-corrected chi connectivity index (χ3v) is 1.73. The zero-order chi connectivity index (χ0) is 11.1. The topological polar surface area (TPSA) is 35.5 Å². The van der Waals surface area contributed by atoms with Crippen LogP contribution in [0.15, 0.2) is 36.9 Å². The van der Waals surface area contributed by atoms with Gasteiger partial charge in [-0.2, -0.15) is 0 Å². The third-order valence-electron chi connectivity index (χ3n) is 1.73. The highest BCUT2D eigenvalue weighted by Crippen LogP contribution is 2.12. The number of benzene rings is 1. The van der Waals surface area contributed by atoms with Crippen molar-refractivity contribution in [3.63, 3.8) is 0 Å². The maximum absolute atomic E-state index is 11.4. The maximum Gasteiger partial charge on any atom is 0.338 e. The second kappa shape index (κ2) is 5.86. The van der Waals surface area contributed by atoms with Crippen LogP contribution in [0.2, 0.25) is 0 Å². The van der Waals surface area contributed by atoms with Gasteiger partial charge < -0.3 is 9.47 Å². The Hall–Kier alpha value is -1.77. The summed E-state index contributed by atoms with van der Waals surface area (Å²) in [7, 11) is 0. The van der Waals surface area contributed by atoms with E-state index in [-0.39, 0.29) is 12.6 Å². The summed E-state index contributed by atoms with van der Waals surface area (Å²) < 4.78 is 10.1. The van der Waals surface area contributed by atoms with Crippen LogP contribution in [0.25, 0.3) is 0 Å². The van der Waals surface area contributed by atoms with E-state index >= 15 is 0 Å². The van der Waals surface area contributed by atoms with Gasteiger partial charge >= 0.3 is 5.97 Å². The molecule has 1 aromatic rings. The Bertz CT molecular complexity index is 327. The van der Waals surface area contributed by atoms with E-state index in [1.807, 2.05) is 6.92 Å². The Balaban J connectivity index is 2.62. The van der Waals surface area contributed by atoms with Crippen molar-refractivity contribution in [2.24, 2.45) is 0 Å². The summed E-state index contributed by atoms with van der Waals surface area (Å²) in [6.45, 7) is 6.22. The van der Waals surface area contributed by atoms with Crippen molar-refractivity contribution in [3.05, 3.63) is 42.5 Å². The van der Waals surface area contributed by atoms with Crippen LogP contribution in [0, 0.1) is 0 Å². The number of rotatable bonds is 5. The molecule has 0 spiro atoms. The molecule has 3 nitrogen and oxygen atoms in total. The lowest BCUT2D eigenvalue weighted by Crippen LogP contribution is -2.04. The van der Waals surface area contributed by atoms with E-state index in [9.17, 15) is 4.79 Å². The first-order valence-corrected chi connectivity index (χ1v) is 4.78. The zero-order valence-corrected chi connectivity index (χ0v) is 8.73.